The Bertz CT molecular complexity index is 255. The van der Waals surface area contributed by atoms with E-state index in [1.807, 2.05) is 6.07 Å². The largest absolute Gasteiger partial charge is 0.382 e. The van der Waals surface area contributed by atoms with Gasteiger partial charge in [0.1, 0.15) is 5.82 Å². The van der Waals surface area contributed by atoms with E-state index in [1.54, 1.807) is 6.20 Å². The molecule has 0 radical (unpaired) electrons. The van der Waals surface area contributed by atoms with Crippen LogP contribution in [0.4, 0.5) is 5.82 Å². The molecule has 3 heteroatoms. The molecule has 0 bridgehead atoms. The van der Waals surface area contributed by atoms with Gasteiger partial charge in [0.05, 0.1) is 6.20 Å². The lowest BCUT2D eigenvalue weighted by atomic mass is 9.80. The van der Waals surface area contributed by atoms with Crippen molar-refractivity contribution in [2.75, 3.05) is 5.73 Å². The highest BCUT2D eigenvalue weighted by molar-refractivity contribution is 5.40. The van der Waals surface area contributed by atoms with Gasteiger partial charge in [-0.05, 0) is 24.8 Å². The number of nitrogen functional groups attached to an aromatic ring is 1. The molecule has 1 aromatic heterocycles. The molecule has 0 saturated heterocycles. The van der Waals surface area contributed by atoms with Crippen LogP contribution in [-0.4, -0.2) is 10.2 Å². The Morgan fingerprint density at radius 2 is 2.27 bits per heavy atom. The molecule has 2 rings (SSSR count). The molecule has 1 fully saturated rings. The lowest BCUT2D eigenvalue weighted by Gasteiger charge is -2.25. The van der Waals surface area contributed by atoms with E-state index in [2.05, 4.69) is 10.2 Å². The molecule has 1 aliphatic carbocycles. The van der Waals surface area contributed by atoms with E-state index in [1.165, 1.54) is 24.8 Å². The lowest BCUT2D eigenvalue weighted by Crippen LogP contribution is -2.12. The first-order valence-electron chi connectivity index (χ1n) is 3.95. The Hall–Kier alpha value is -1.12. The van der Waals surface area contributed by atoms with Crippen LogP contribution in [0.15, 0.2) is 12.3 Å². The van der Waals surface area contributed by atoms with E-state index in [-0.39, 0.29) is 0 Å². The fourth-order valence-electron chi connectivity index (χ4n) is 1.42. The summed E-state index contributed by atoms with van der Waals surface area (Å²) in [6, 6.07) is 1.98. The predicted octanol–water partition coefficient (Wildman–Crippen LogP) is 1.33. The number of hydrogen-bond donors (Lipinski definition) is 1. The summed E-state index contributed by atoms with van der Waals surface area (Å²) in [6.07, 6.45) is 5.56. The molecule has 0 aromatic carbocycles. The Kier molecular flexibility index (Phi) is 1.49. The van der Waals surface area contributed by atoms with Crippen molar-refractivity contribution in [3.05, 3.63) is 17.8 Å². The zero-order valence-electron chi connectivity index (χ0n) is 6.33. The van der Waals surface area contributed by atoms with E-state index in [4.69, 9.17) is 5.73 Å². The maximum absolute atomic E-state index is 5.66. The van der Waals surface area contributed by atoms with Gasteiger partial charge < -0.3 is 5.73 Å². The quantitative estimate of drug-likeness (QED) is 0.655. The van der Waals surface area contributed by atoms with Crippen molar-refractivity contribution in [3.8, 4) is 0 Å². The molecule has 3 nitrogen and oxygen atoms in total. The summed E-state index contributed by atoms with van der Waals surface area (Å²) in [6.45, 7) is 0. The average molecular weight is 149 g/mol. The highest BCUT2D eigenvalue weighted by Gasteiger charge is 2.21. The molecular weight excluding hydrogens is 138 g/mol. The average Bonchev–Trinajstić information content (AvgIpc) is 1.90. The molecule has 2 N–H and O–H groups in total. The Labute approximate surface area is 65.6 Å². The Morgan fingerprint density at radius 1 is 1.45 bits per heavy atom. The minimum Gasteiger partial charge on any atom is -0.382 e. The van der Waals surface area contributed by atoms with Gasteiger partial charge in [-0.2, -0.15) is 5.10 Å². The van der Waals surface area contributed by atoms with Crippen LogP contribution >= 0.6 is 0 Å². The molecule has 0 spiro atoms. The van der Waals surface area contributed by atoms with Crippen molar-refractivity contribution in [1.82, 2.24) is 10.2 Å². The van der Waals surface area contributed by atoms with Gasteiger partial charge in [0, 0.05) is 5.56 Å². The van der Waals surface area contributed by atoms with Gasteiger partial charge in [0.2, 0.25) is 0 Å². The smallest absolute Gasteiger partial charge is 0.149 e. The molecule has 0 unspecified atom stereocenters. The SMILES string of the molecule is Nc1nnccc1C1CCC1. The van der Waals surface area contributed by atoms with Gasteiger partial charge in [-0.1, -0.05) is 6.42 Å². The van der Waals surface area contributed by atoms with Crippen molar-refractivity contribution in [2.45, 2.75) is 25.2 Å². The van der Waals surface area contributed by atoms with Crippen LogP contribution in [0, 0.1) is 0 Å². The van der Waals surface area contributed by atoms with Gasteiger partial charge in [0.15, 0.2) is 0 Å². The third kappa shape index (κ3) is 1.06. The van der Waals surface area contributed by atoms with E-state index in [9.17, 15) is 0 Å². The van der Waals surface area contributed by atoms with Crippen molar-refractivity contribution in [2.24, 2.45) is 0 Å². The maximum Gasteiger partial charge on any atom is 0.149 e. The number of anilines is 1. The molecule has 0 aliphatic heterocycles. The highest BCUT2D eigenvalue weighted by Crippen LogP contribution is 2.37. The molecular formula is C8H11N3. The molecule has 1 aliphatic rings. The van der Waals surface area contributed by atoms with Crippen molar-refractivity contribution in [3.63, 3.8) is 0 Å². The van der Waals surface area contributed by atoms with Crippen LogP contribution in [0.2, 0.25) is 0 Å². The zero-order chi connectivity index (χ0) is 7.68. The minimum absolute atomic E-state index is 0.609. The van der Waals surface area contributed by atoms with Crippen LogP contribution < -0.4 is 5.73 Å². The molecule has 1 saturated carbocycles. The molecule has 1 heterocycles. The second-order valence-electron chi connectivity index (χ2n) is 3.00. The summed E-state index contributed by atoms with van der Waals surface area (Å²) in [5.41, 5.74) is 6.84. The fourth-order valence-corrected chi connectivity index (χ4v) is 1.42. The minimum atomic E-state index is 0.609. The first kappa shape index (κ1) is 6.58. The summed E-state index contributed by atoms with van der Waals surface area (Å²) in [5, 5.41) is 7.52. The van der Waals surface area contributed by atoms with Crippen LogP contribution in [0.3, 0.4) is 0 Å². The normalized spacial score (nSPS) is 17.8. The standard InChI is InChI=1S/C8H11N3/c9-8-7(4-5-10-11-8)6-2-1-3-6/h4-6H,1-3H2,(H2,9,11). The van der Waals surface area contributed by atoms with Gasteiger partial charge in [-0.15, -0.1) is 5.10 Å². The monoisotopic (exact) mass is 149 g/mol. The van der Waals surface area contributed by atoms with Crippen molar-refractivity contribution in [1.29, 1.82) is 0 Å². The Morgan fingerprint density at radius 3 is 2.82 bits per heavy atom. The summed E-state index contributed by atoms with van der Waals surface area (Å²) in [4.78, 5) is 0. The molecule has 0 amide bonds. The van der Waals surface area contributed by atoms with E-state index >= 15 is 0 Å². The number of aromatic nitrogens is 2. The van der Waals surface area contributed by atoms with Crippen LogP contribution in [-0.2, 0) is 0 Å². The lowest BCUT2D eigenvalue weighted by molar-refractivity contribution is 0.419. The summed E-state index contributed by atoms with van der Waals surface area (Å²) >= 11 is 0. The van der Waals surface area contributed by atoms with Crippen LogP contribution in [0.25, 0.3) is 0 Å². The highest BCUT2D eigenvalue weighted by atomic mass is 15.1. The van der Waals surface area contributed by atoms with Gasteiger partial charge in [-0.3, -0.25) is 0 Å². The summed E-state index contributed by atoms with van der Waals surface area (Å²) in [5.74, 6) is 1.27. The molecule has 1 aromatic rings. The zero-order valence-corrected chi connectivity index (χ0v) is 6.33. The van der Waals surface area contributed by atoms with E-state index in [0.29, 0.717) is 11.7 Å². The maximum atomic E-state index is 5.66. The van der Waals surface area contributed by atoms with Crippen LogP contribution in [0.1, 0.15) is 30.7 Å². The molecule has 0 atom stereocenters. The Balaban J connectivity index is 2.28. The van der Waals surface area contributed by atoms with Crippen molar-refractivity contribution >= 4 is 5.82 Å². The van der Waals surface area contributed by atoms with E-state index in [0.717, 1.165) is 0 Å². The third-order valence-electron chi connectivity index (χ3n) is 2.33. The first-order valence-corrected chi connectivity index (χ1v) is 3.95. The predicted molar refractivity (Wildman–Crippen MR) is 43.0 cm³/mol. The summed E-state index contributed by atoms with van der Waals surface area (Å²) in [7, 11) is 0. The first-order chi connectivity index (χ1) is 5.38. The topological polar surface area (TPSA) is 51.8 Å². The second-order valence-corrected chi connectivity index (χ2v) is 3.00. The number of hydrogen-bond acceptors (Lipinski definition) is 3. The number of rotatable bonds is 1. The third-order valence-corrected chi connectivity index (χ3v) is 2.33. The van der Waals surface area contributed by atoms with Gasteiger partial charge in [-0.25, -0.2) is 0 Å². The summed E-state index contributed by atoms with van der Waals surface area (Å²) < 4.78 is 0. The second kappa shape index (κ2) is 2.49. The van der Waals surface area contributed by atoms with Crippen molar-refractivity contribution < 1.29 is 0 Å². The van der Waals surface area contributed by atoms with Crippen LogP contribution in [0.5, 0.6) is 0 Å². The van der Waals surface area contributed by atoms with Gasteiger partial charge >= 0.3 is 0 Å². The van der Waals surface area contributed by atoms with E-state index < -0.39 is 0 Å². The number of nitrogens with two attached hydrogens (primary N) is 1. The fraction of sp³-hybridized carbons (Fsp3) is 0.500. The molecule has 11 heavy (non-hydrogen) atoms. The molecule has 58 valence electrons. The number of nitrogens with zero attached hydrogens (tertiary/aromatic N) is 2. The van der Waals surface area contributed by atoms with Gasteiger partial charge in [0.25, 0.3) is 0 Å².